The van der Waals surface area contributed by atoms with Crippen LogP contribution in [-0.4, -0.2) is 27.8 Å². The first-order chi connectivity index (χ1) is 16.5. The Morgan fingerprint density at radius 3 is 1.94 bits per heavy atom. The third-order valence-corrected chi connectivity index (χ3v) is 4.78. The second-order valence-electron chi connectivity index (χ2n) is 7.02. The summed E-state index contributed by atoms with van der Waals surface area (Å²) in [6.45, 7) is 0. The van der Waals surface area contributed by atoms with Crippen LogP contribution in [0.2, 0.25) is 0 Å². The maximum absolute atomic E-state index is 13.6. The molecule has 0 radical (unpaired) electrons. The third-order valence-electron chi connectivity index (χ3n) is 4.78. The summed E-state index contributed by atoms with van der Waals surface area (Å²) in [5.41, 5.74) is -1.85. The summed E-state index contributed by atoms with van der Waals surface area (Å²) < 4.78 is 40.8. The van der Waals surface area contributed by atoms with E-state index in [1.165, 1.54) is 30.3 Å². The lowest BCUT2D eigenvalue weighted by Gasteiger charge is -2.31. The molecule has 180 valence electrons. The fourth-order valence-corrected chi connectivity index (χ4v) is 3.27. The number of nitro groups is 2. The highest BCUT2D eigenvalue weighted by Crippen LogP contribution is 2.36. The number of nitrogens with one attached hydrogen (secondary N) is 1. The molecule has 0 aromatic heterocycles. The van der Waals surface area contributed by atoms with E-state index >= 15 is 0 Å². The number of halogens is 3. The van der Waals surface area contributed by atoms with E-state index < -0.39 is 45.1 Å². The van der Waals surface area contributed by atoms with Crippen molar-refractivity contribution in [2.24, 2.45) is 0 Å². The van der Waals surface area contributed by atoms with Gasteiger partial charge in [0.25, 0.3) is 17.3 Å². The second kappa shape index (κ2) is 9.99. The first-order valence-corrected chi connectivity index (χ1v) is 9.74. The monoisotopic (exact) mass is 488 g/mol. The quantitative estimate of drug-likeness (QED) is 0.376. The summed E-state index contributed by atoms with van der Waals surface area (Å²) in [7, 11) is 0. The molecule has 2 amide bonds. The summed E-state index contributed by atoms with van der Waals surface area (Å²) >= 11 is 0. The zero-order chi connectivity index (χ0) is 25.8. The molecule has 3 rings (SSSR count). The molecule has 0 aliphatic rings. The van der Waals surface area contributed by atoms with Gasteiger partial charge in [0.05, 0.1) is 15.4 Å². The van der Waals surface area contributed by atoms with Gasteiger partial charge in [0.1, 0.15) is 6.04 Å². The lowest BCUT2D eigenvalue weighted by atomic mass is 10.0. The Kier molecular flexibility index (Phi) is 7.08. The van der Waals surface area contributed by atoms with Gasteiger partial charge in [-0.2, -0.15) is 13.2 Å². The molecular weight excluding hydrogens is 473 g/mol. The van der Waals surface area contributed by atoms with E-state index in [1.807, 2.05) is 0 Å². The molecule has 35 heavy (non-hydrogen) atoms. The van der Waals surface area contributed by atoms with E-state index in [4.69, 9.17) is 0 Å². The smallest absolute Gasteiger partial charge is 0.324 e. The fourth-order valence-electron chi connectivity index (χ4n) is 3.27. The summed E-state index contributed by atoms with van der Waals surface area (Å²) in [6.07, 6.45) is -5.43. The minimum Gasteiger partial charge on any atom is -0.324 e. The van der Waals surface area contributed by atoms with Crippen LogP contribution in [0, 0.1) is 20.2 Å². The van der Waals surface area contributed by atoms with Gasteiger partial charge in [0.2, 0.25) is 0 Å². The summed E-state index contributed by atoms with van der Waals surface area (Å²) in [5, 5.41) is 24.8. The molecule has 0 fully saturated rings. The molecule has 3 aromatic rings. The first-order valence-electron chi connectivity index (χ1n) is 9.74. The summed E-state index contributed by atoms with van der Waals surface area (Å²) in [4.78, 5) is 46.9. The van der Waals surface area contributed by atoms with Gasteiger partial charge in [-0.3, -0.25) is 34.7 Å². The van der Waals surface area contributed by atoms with Gasteiger partial charge < -0.3 is 5.32 Å². The van der Waals surface area contributed by atoms with Crippen molar-refractivity contribution >= 4 is 34.6 Å². The number of alkyl halides is 3. The molecule has 0 heterocycles. The first kappa shape index (κ1) is 24.8. The number of non-ortho nitro benzene ring substituents is 1. The molecule has 1 unspecified atom stereocenters. The highest BCUT2D eigenvalue weighted by Gasteiger charge is 2.48. The maximum atomic E-state index is 13.6. The molecule has 0 spiro atoms. The average molecular weight is 488 g/mol. The van der Waals surface area contributed by atoms with Crippen LogP contribution in [0.5, 0.6) is 0 Å². The fraction of sp³-hybridized carbons (Fsp3) is 0.0909. The van der Waals surface area contributed by atoms with Crippen molar-refractivity contribution in [1.29, 1.82) is 0 Å². The van der Waals surface area contributed by atoms with Crippen molar-refractivity contribution in [2.45, 2.75) is 12.2 Å². The Morgan fingerprint density at radius 1 is 0.829 bits per heavy atom. The van der Waals surface area contributed by atoms with Gasteiger partial charge >= 0.3 is 12.1 Å². The number of anilines is 2. The van der Waals surface area contributed by atoms with Crippen LogP contribution in [-0.2, 0) is 9.59 Å². The number of para-hydroxylation sites is 2. The molecule has 0 aliphatic carbocycles. The van der Waals surface area contributed by atoms with Crippen LogP contribution in [0.25, 0.3) is 0 Å². The van der Waals surface area contributed by atoms with Crippen molar-refractivity contribution in [3.63, 3.8) is 0 Å². The molecule has 3 aromatic carbocycles. The van der Waals surface area contributed by atoms with Gasteiger partial charge in [-0.1, -0.05) is 30.3 Å². The van der Waals surface area contributed by atoms with Gasteiger partial charge in [-0.15, -0.1) is 0 Å². The topological polar surface area (TPSA) is 136 Å². The Morgan fingerprint density at radius 2 is 1.40 bits per heavy atom. The number of carbonyl (C=O) groups excluding carboxylic acids is 2. The number of rotatable bonds is 7. The van der Waals surface area contributed by atoms with E-state index in [0.29, 0.717) is 0 Å². The lowest BCUT2D eigenvalue weighted by molar-refractivity contribution is -0.385. The molecule has 0 saturated heterocycles. The third kappa shape index (κ3) is 5.58. The van der Waals surface area contributed by atoms with Crippen LogP contribution >= 0.6 is 0 Å². The largest absolute Gasteiger partial charge is 0.471 e. The van der Waals surface area contributed by atoms with Crippen LogP contribution in [0.3, 0.4) is 0 Å². The van der Waals surface area contributed by atoms with Gasteiger partial charge in [0, 0.05) is 29.6 Å². The Hall–Kier alpha value is -4.81. The van der Waals surface area contributed by atoms with Crippen LogP contribution in [0.15, 0.2) is 78.9 Å². The standard InChI is InChI=1S/C22H15F3N4O6/c23-22(24,25)21(31)27(15-6-2-1-3-7-15)19(17-8-4-5-9-18(17)29(34)35)20(30)26-14-10-12-16(13-11-14)28(32)33/h1-13,19H,(H,26,30). The number of hydrogen-bond donors (Lipinski definition) is 1. The van der Waals surface area contributed by atoms with Crippen molar-refractivity contribution in [2.75, 3.05) is 10.2 Å². The van der Waals surface area contributed by atoms with Gasteiger partial charge in [-0.25, -0.2) is 0 Å². The average Bonchev–Trinajstić information content (AvgIpc) is 2.82. The second-order valence-corrected chi connectivity index (χ2v) is 7.02. The molecule has 13 heteroatoms. The predicted molar refractivity (Wildman–Crippen MR) is 118 cm³/mol. The molecular formula is C22H15F3N4O6. The zero-order valence-electron chi connectivity index (χ0n) is 17.5. The van der Waals surface area contributed by atoms with Crippen molar-refractivity contribution < 1.29 is 32.6 Å². The van der Waals surface area contributed by atoms with E-state index in [9.17, 15) is 43.0 Å². The van der Waals surface area contributed by atoms with E-state index in [1.54, 1.807) is 0 Å². The van der Waals surface area contributed by atoms with Crippen LogP contribution < -0.4 is 10.2 Å². The highest BCUT2D eigenvalue weighted by atomic mass is 19.4. The van der Waals surface area contributed by atoms with Crippen molar-refractivity contribution in [1.82, 2.24) is 0 Å². The Balaban J connectivity index is 2.18. The van der Waals surface area contributed by atoms with E-state index in [2.05, 4.69) is 5.32 Å². The minimum absolute atomic E-state index is 0.0448. The van der Waals surface area contributed by atoms with Gasteiger partial charge in [-0.05, 0) is 30.3 Å². The van der Waals surface area contributed by atoms with Crippen molar-refractivity contribution in [3.8, 4) is 0 Å². The lowest BCUT2D eigenvalue weighted by Crippen LogP contribution is -2.47. The molecule has 0 bridgehead atoms. The van der Waals surface area contributed by atoms with Crippen LogP contribution in [0.1, 0.15) is 11.6 Å². The molecule has 1 N–H and O–H groups in total. The summed E-state index contributed by atoms with van der Waals surface area (Å²) in [6, 6.07) is 13.2. The number of carbonyl (C=O) groups is 2. The minimum atomic E-state index is -5.43. The normalized spacial score (nSPS) is 11.9. The predicted octanol–water partition coefficient (Wildman–Crippen LogP) is 4.78. The number of nitro benzene ring substituents is 2. The molecule has 0 aliphatic heterocycles. The Bertz CT molecular complexity index is 1270. The van der Waals surface area contributed by atoms with E-state index in [0.717, 1.165) is 48.5 Å². The number of amides is 2. The number of hydrogen-bond acceptors (Lipinski definition) is 6. The van der Waals surface area contributed by atoms with E-state index in [-0.39, 0.29) is 22.0 Å². The zero-order valence-corrected chi connectivity index (χ0v) is 17.5. The number of nitrogens with zero attached hydrogens (tertiary/aromatic N) is 3. The molecule has 1 atom stereocenters. The maximum Gasteiger partial charge on any atom is 0.471 e. The highest BCUT2D eigenvalue weighted by molar-refractivity contribution is 6.07. The number of benzene rings is 3. The molecule has 0 saturated carbocycles. The van der Waals surface area contributed by atoms with Crippen molar-refractivity contribution in [3.05, 3.63) is 105 Å². The van der Waals surface area contributed by atoms with Gasteiger partial charge in [0.15, 0.2) is 0 Å². The Labute approximate surface area is 194 Å². The summed E-state index contributed by atoms with van der Waals surface area (Å²) in [5.74, 6) is -3.64. The van der Waals surface area contributed by atoms with Crippen LogP contribution in [0.4, 0.5) is 35.9 Å². The molecule has 10 nitrogen and oxygen atoms in total. The SMILES string of the molecule is O=C(Nc1ccc([N+](=O)[O-])cc1)C(c1ccccc1[N+](=O)[O-])N(C(=O)C(F)(F)F)c1ccccc1.